The molecule has 2 N–H and O–H groups in total. The third-order valence-electron chi connectivity index (χ3n) is 4.09. The summed E-state index contributed by atoms with van der Waals surface area (Å²) in [5.41, 5.74) is 0.649. The van der Waals surface area contributed by atoms with Gasteiger partial charge >= 0.3 is 5.97 Å². The first-order valence-corrected chi connectivity index (χ1v) is 11.3. The van der Waals surface area contributed by atoms with Gasteiger partial charge in [0.05, 0.1) is 4.90 Å². The second-order valence-electron chi connectivity index (χ2n) is 6.78. The summed E-state index contributed by atoms with van der Waals surface area (Å²) in [6, 6.07) is 11.4. The molecule has 0 unspecified atom stereocenters. The Bertz CT molecular complexity index is 998. The molecule has 0 saturated heterocycles. The Kier molecular flexibility index (Phi) is 8.66. The normalized spacial score (nSPS) is 12.4. The molecule has 0 radical (unpaired) electrons. The zero-order valence-corrected chi connectivity index (χ0v) is 18.7. The number of carbonyl (C=O) groups excluding carboxylic acids is 2. The second kappa shape index (κ2) is 10.8. The van der Waals surface area contributed by atoms with Crippen LogP contribution in [0.2, 0.25) is 10.0 Å². The van der Waals surface area contributed by atoms with Gasteiger partial charge in [0, 0.05) is 16.6 Å². The molecule has 0 aliphatic heterocycles. The highest BCUT2D eigenvalue weighted by Crippen LogP contribution is 2.20. The molecule has 2 aromatic rings. The number of hydrogen-bond acceptors (Lipinski definition) is 5. The van der Waals surface area contributed by atoms with Gasteiger partial charge < -0.3 is 10.1 Å². The summed E-state index contributed by atoms with van der Waals surface area (Å²) >= 11 is 11.9. The van der Waals surface area contributed by atoms with Crippen molar-refractivity contribution in [2.75, 3.05) is 6.61 Å². The van der Waals surface area contributed by atoms with Gasteiger partial charge in [-0.25, -0.2) is 8.42 Å². The number of nitrogens with one attached hydrogen (secondary N) is 2. The number of sulfonamides is 1. The van der Waals surface area contributed by atoms with Gasteiger partial charge in [0.15, 0.2) is 6.61 Å². The second-order valence-corrected chi connectivity index (χ2v) is 9.33. The third kappa shape index (κ3) is 6.98. The van der Waals surface area contributed by atoms with E-state index < -0.39 is 40.5 Å². The molecular formula is C20H22Cl2N2O5S. The molecule has 2 rings (SSSR count). The molecule has 2 aromatic carbocycles. The molecule has 0 bridgehead atoms. The van der Waals surface area contributed by atoms with E-state index >= 15 is 0 Å². The SMILES string of the molecule is CC(C)[C@@H](NS(=O)(=O)c1ccccc1)C(=O)OCC(=O)NCc1ccc(Cl)cc1Cl. The Morgan fingerprint density at radius 1 is 1.07 bits per heavy atom. The van der Waals surface area contributed by atoms with E-state index in [0.717, 1.165) is 0 Å². The van der Waals surface area contributed by atoms with Crippen LogP contribution in [-0.4, -0.2) is 32.9 Å². The number of amides is 1. The summed E-state index contributed by atoms with van der Waals surface area (Å²) in [6.07, 6.45) is 0. The lowest BCUT2D eigenvalue weighted by atomic mass is 10.1. The zero-order chi connectivity index (χ0) is 22.3. The highest BCUT2D eigenvalue weighted by Gasteiger charge is 2.30. The minimum atomic E-state index is -3.92. The Hall–Kier alpha value is -2.13. The molecule has 0 heterocycles. The molecule has 1 amide bonds. The van der Waals surface area contributed by atoms with Crippen LogP contribution in [0, 0.1) is 5.92 Å². The van der Waals surface area contributed by atoms with Crippen molar-refractivity contribution in [3.8, 4) is 0 Å². The first kappa shape index (κ1) is 24.1. The van der Waals surface area contributed by atoms with Crippen molar-refractivity contribution in [3.63, 3.8) is 0 Å². The molecule has 0 aliphatic rings. The maximum atomic E-state index is 12.5. The Balaban J connectivity index is 1.92. The van der Waals surface area contributed by atoms with Gasteiger partial charge in [-0.05, 0) is 35.7 Å². The molecule has 10 heteroatoms. The summed E-state index contributed by atoms with van der Waals surface area (Å²) in [6.45, 7) is 2.91. The van der Waals surface area contributed by atoms with Gasteiger partial charge in [-0.2, -0.15) is 4.72 Å². The number of rotatable bonds is 9. The van der Waals surface area contributed by atoms with E-state index in [1.54, 1.807) is 50.2 Å². The van der Waals surface area contributed by atoms with Crippen LogP contribution in [0.3, 0.4) is 0 Å². The van der Waals surface area contributed by atoms with Gasteiger partial charge in [0.25, 0.3) is 5.91 Å². The lowest BCUT2D eigenvalue weighted by Gasteiger charge is -2.20. The molecule has 0 saturated carbocycles. The van der Waals surface area contributed by atoms with Crippen molar-refractivity contribution >= 4 is 45.1 Å². The highest BCUT2D eigenvalue weighted by atomic mass is 35.5. The molecule has 0 aromatic heterocycles. The quantitative estimate of drug-likeness (QED) is 0.545. The lowest BCUT2D eigenvalue weighted by molar-refractivity contribution is -0.151. The number of carbonyl (C=O) groups is 2. The van der Waals surface area contributed by atoms with E-state index in [1.165, 1.54) is 12.1 Å². The van der Waals surface area contributed by atoms with Crippen LogP contribution >= 0.6 is 23.2 Å². The highest BCUT2D eigenvalue weighted by molar-refractivity contribution is 7.89. The third-order valence-corrected chi connectivity index (χ3v) is 6.14. The fraction of sp³-hybridized carbons (Fsp3) is 0.300. The molecule has 162 valence electrons. The zero-order valence-electron chi connectivity index (χ0n) is 16.4. The number of halogens is 2. The fourth-order valence-electron chi connectivity index (χ4n) is 2.43. The molecule has 0 fully saturated rings. The van der Waals surface area contributed by atoms with Crippen LogP contribution in [0.4, 0.5) is 0 Å². The minimum Gasteiger partial charge on any atom is -0.454 e. The van der Waals surface area contributed by atoms with Crippen molar-refractivity contribution in [3.05, 3.63) is 64.1 Å². The first-order chi connectivity index (χ1) is 14.1. The van der Waals surface area contributed by atoms with Crippen LogP contribution in [0.15, 0.2) is 53.4 Å². The topological polar surface area (TPSA) is 102 Å². The number of hydrogen-bond donors (Lipinski definition) is 2. The Morgan fingerprint density at radius 2 is 1.73 bits per heavy atom. The summed E-state index contributed by atoms with van der Waals surface area (Å²) in [7, 11) is -3.92. The van der Waals surface area contributed by atoms with Crippen LogP contribution in [0.5, 0.6) is 0 Å². The van der Waals surface area contributed by atoms with E-state index in [1.807, 2.05) is 0 Å². The lowest BCUT2D eigenvalue weighted by Crippen LogP contribution is -2.46. The van der Waals surface area contributed by atoms with E-state index in [4.69, 9.17) is 27.9 Å². The maximum absolute atomic E-state index is 12.5. The van der Waals surface area contributed by atoms with Gasteiger partial charge in [0.1, 0.15) is 6.04 Å². The molecule has 0 spiro atoms. The predicted octanol–water partition coefficient (Wildman–Crippen LogP) is 3.16. The molecule has 7 nitrogen and oxygen atoms in total. The van der Waals surface area contributed by atoms with Gasteiger partial charge in [0.2, 0.25) is 10.0 Å². The number of esters is 1. The monoisotopic (exact) mass is 472 g/mol. The van der Waals surface area contributed by atoms with Gasteiger partial charge in [-0.15, -0.1) is 0 Å². The largest absolute Gasteiger partial charge is 0.454 e. The van der Waals surface area contributed by atoms with E-state index in [0.29, 0.717) is 15.6 Å². The first-order valence-electron chi connectivity index (χ1n) is 9.05. The van der Waals surface area contributed by atoms with E-state index in [2.05, 4.69) is 10.0 Å². The van der Waals surface area contributed by atoms with E-state index in [-0.39, 0.29) is 11.4 Å². The smallest absolute Gasteiger partial charge is 0.324 e. The molecular weight excluding hydrogens is 451 g/mol. The fourth-order valence-corrected chi connectivity index (χ4v) is 4.26. The maximum Gasteiger partial charge on any atom is 0.324 e. The van der Waals surface area contributed by atoms with Crippen molar-refractivity contribution < 1.29 is 22.7 Å². The van der Waals surface area contributed by atoms with Crippen LogP contribution in [0.25, 0.3) is 0 Å². The average Bonchev–Trinajstić information content (AvgIpc) is 2.70. The van der Waals surface area contributed by atoms with Crippen molar-refractivity contribution in [2.45, 2.75) is 31.3 Å². The Labute approximate surface area is 185 Å². The summed E-state index contributed by atoms with van der Waals surface area (Å²) in [4.78, 5) is 24.4. The van der Waals surface area contributed by atoms with Crippen molar-refractivity contribution in [1.82, 2.24) is 10.0 Å². The minimum absolute atomic E-state index is 0.0287. The Morgan fingerprint density at radius 3 is 2.33 bits per heavy atom. The summed E-state index contributed by atoms with van der Waals surface area (Å²) in [5.74, 6) is -1.79. The standard InChI is InChI=1S/C20H22Cl2N2O5S/c1-13(2)19(24-30(27,28)16-6-4-3-5-7-16)20(26)29-12-18(25)23-11-14-8-9-15(21)10-17(14)22/h3-10,13,19,24H,11-12H2,1-2H3,(H,23,25)/t19-/m1/s1. The van der Waals surface area contributed by atoms with Crippen molar-refractivity contribution in [1.29, 1.82) is 0 Å². The summed E-state index contributed by atoms with van der Waals surface area (Å²) < 4.78 is 32.3. The van der Waals surface area contributed by atoms with Gasteiger partial charge in [-0.1, -0.05) is 61.3 Å². The number of ether oxygens (including phenoxy) is 1. The molecule has 30 heavy (non-hydrogen) atoms. The van der Waals surface area contributed by atoms with Gasteiger partial charge in [-0.3, -0.25) is 9.59 Å². The van der Waals surface area contributed by atoms with Crippen molar-refractivity contribution in [2.24, 2.45) is 5.92 Å². The summed E-state index contributed by atoms with van der Waals surface area (Å²) in [5, 5.41) is 3.45. The van der Waals surface area contributed by atoms with Crippen LogP contribution in [0.1, 0.15) is 19.4 Å². The molecule has 0 aliphatic carbocycles. The molecule has 1 atom stereocenters. The number of benzene rings is 2. The van der Waals surface area contributed by atoms with E-state index in [9.17, 15) is 18.0 Å². The average molecular weight is 473 g/mol. The van der Waals surface area contributed by atoms with Crippen LogP contribution in [-0.2, 0) is 30.9 Å². The van der Waals surface area contributed by atoms with Crippen LogP contribution < -0.4 is 10.0 Å². The predicted molar refractivity (Wildman–Crippen MR) is 115 cm³/mol.